The number of hydrogen-bond acceptors (Lipinski definition) is 3. The highest BCUT2D eigenvalue weighted by Gasteiger charge is 2.37. The normalized spacial score (nSPS) is 25.5. The highest BCUT2D eigenvalue weighted by molar-refractivity contribution is 5.81. The second-order valence-electron chi connectivity index (χ2n) is 3.16. The summed E-state index contributed by atoms with van der Waals surface area (Å²) in [7, 11) is 0. The second-order valence-corrected chi connectivity index (χ2v) is 3.16. The highest BCUT2D eigenvalue weighted by atomic mass is 19.3. The standard InChI is InChI=1S/C9H13F2NO2/c1-2-14-8(13)4-3-7-5-9(10,11)6-12-7/h3-4,7,12H,2,5-6H2,1H3/t7-/m0/s1. The van der Waals surface area contributed by atoms with E-state index in [4.69, 9.17) is 0 Å². The van der Waals surface area contributed by atoms with Crippen molar-refractivity contribution in [3.63, 3.8) is 0 Å². The lowest BCUT2D eigenvalue weighted by molar-refractivity contribution is -0.137. The van der Waals surface area contributed by atoms with E-state index < -0.39 is 17.9 Å². The van der Waals surface area contributed by atoms with E-state index in [1.807, 2.05) is 0 Å². The summed E-state index contributed by atoms with van der Waals surface area (Å²) >= 11 is 0. The van der Waals surface area contributed by atoms with Gasteiger partial charge in [0.1, 0.15) is 0 Å². The van der Waals surface area contributed by atoms with Crippen LogP contribution in [0.5, 0.6) is 0 Å². The van der Waals surface area contributed by atoms with Crippen LogP contribution >= 0.6 is 0 Å². The van der Waals surface area contributed by atoms with Crippen molar-refractivity contribution in [1.82, 2.24) is 5.32 Å². The Hall–Kier alpha value is -0.970. The van der Waals surface area contributed by atoms with Gasteiger partial charge in [-0.15, -0.1) is 0 Å². The Kier molecular flexibility index (Phi) is 3.57. The molecule has 80 valence electrons. The van der Waals surface area contributed by atoms with Gasteiger partial charge in [-0.25, -0.2) is 13.6 Å². The number of carbonyl (C=O) groups excluding carboxylic acids is 1. The fourth-order valence-corrected chi connectivity index (χ4v) is 1.27. The van der Waals surface area contributed by atoms with Crippen LogP contribution in [0.2, 0.25) is 0 Å². The van der Waals surface area contributed by atoms with Crippen molar-refractivity contribution in [2.75, 3.05) is 13.2 Å². The summed E-state index contributed by atoms with van der Waals surface area (Å²) in [5, 5.41) is 2.60. The number of carbonyl (C=O) groups is 1. The Bertz CT molecular complexity index is 241. The lowest BCUT2D eigenvalue weighted by atomic mass is 10.2. The Balaban J connectivity index is 2.35. The molecule has 5 heteroatoms. The molecule has 1 heterocycles. The van der Waals surface area contributed by atoms with E-state index in [-0.39, 0.29) is 19.6 Å². The number of alkyl halides is 2. The molecule has 3 nitrogen and oxygen atoms in total. The third-order valence-corrected chi connectivity index (χ3v) is 1.89. The molecule has 0 saturated carbocycles. The average Bonchev–Trinajstić information content (AvgIpc) is 2.43. The summed E-state index contributed by atoms with van der Waals surface area (Å²) < 4.78 is 29.9. The van der Waals surface area contributed by atoms with E-state index >= 15 is 0 Å². The van der Waals surface area contributed by atoms with Crippen molar-refractivity contribution in [2.24, 2.45) is 0 Å². The van der Waals surface area contributed by atoms with Crippen molar-refractivity contribution in [3.05, 3.63) is 12.2 Å². The van der Waals surface area contributed by atoms with Crippen molar-refractivity contribution in [1.29, 1.82) is 0 Å². The predicted molar refractivity (Wildman–Crippen MR) is 47.1 cm³/mol. The molecule has 1 atom stereocenters. The van der Waals surface area contributed by atoms with Crippen LogP contribution < -0.4 is 5.32 Å². The first-order chi connectivity index (χ1) is 6.53. The van der Waals surface area contributed by atoms with Crippen LogP contribution in [0.25, 0.3) is 0 Å². The van der Waals surface area contributed by atoms with Gasteiger partial charge in [0, 0.05) is 18.5 Å². The fraction of sp³-hybridized carbons (Fsp3) is 0.667. The van der Waals surface area contributed by atoms with E-state index in [2.05, 4.69) is 10.1 Å². The van der Waals surface area contributed by atoms with Crippen molar-refractivity contribution in [3.8, 4) is 0 Å². The van der Waals surface area contributed by atoms with Crippen LogP contribution in [0, 0.1) is 0 Å². The molecular weight excluding hydrogens is 192 g/mol. The number of rotatable bonds is 3. The molecule has 1 saturated heterocycles. The van der Waals surface area contributed by atoms with Crippen LogP contribution in [0.1, 0.15) is 13.3 Å². The zero-order chi connectivity index (χ0) is 10.6. The van der Waals surface area contributed by atoms with Crippen LogP contribution in [-0.4, -0.2) is 31.1 Å². The molecule has 0 aromatic rings. The molecule has 0 radical (unpaired) electrons. The number of hydrogen-bond donors (Lipinski definition) is 1. The minimum absolute atomic E-state index is 0.261. The lowest BCUT2D eigenvalue weighted by Gasteiger charge is -2.04. The van der Waals surface area contributed by atoms with Crippen LogP contribution in [0.3, 0.4) is 0 Å². The zero-order valence-electron chi connectivity index (χ0n) is 7.93. The third kappa shape index (κ3) is 3.41. The van der Waals surface area contributed by atoms with E-state index in [0.717, 1.165) is 0 Å². The first-order valence-corrected chi connectivity index (χ1v) is 4.49. The van der Waals surface area contributed by atoms with Gasteiger partial charge in [-0.3, -0.25) is 0 Å². The Labute approximate surface area is 81.1 Å². The maximum atomic E-state index is 12.7. The Morgan fingerprint density at radius 1 is 1.71 bits per heavy atom. The summed E-state index contributed by atoms with van der Waals surface area (Å²) in [6, 6.07) is -0.436. The third-order valence-electron chi connectivity index (χ3n) is 1.89. The molecular formula is C9H13F2NO2. The maximum absolute atomic E-state index is 12.7. The van der Waals surface area contributed by atoms with Gasteiger partial charge in [0.15, 0.2) is 0 Å². The molecule has 1 aliphatic heterocycles. The Morgan fingerprint density at radius 2 is 2.43 bits per heavy atom. The Morgan fingerprint density at radius 3 is 2.93 bits per heavy atom. The largest absolute Gasteiger partial charge is 0.463 e. The molecule has 1 rings (SSSR count). The molecule has 0 amide bonds. The van der Waals surface area contributed by atoms with Gasteiger partial charge in [0.05, 0.1) is 13.2 Å². The number of ether oxygens (including phenoxy) is 1. The van der Waals surface area contributed by atoms with Gasteiger partial charge in [-0.05, 0) is 6.92 Å². The smallest absolute Gasteiger partial charge is 0.330 e. The zero-order valence-corrected chi connectivity index (χ0v) is 7.93. The van der Waals surface area contributed by atoms with E-state index in [9.17, 15) is 13.6 Å². The average molecular weight is 205 g/mol. The van der Waals surface area contributed by atoms with Gasteiger partial charge >= 0.3 is 5.97 Å². The van der Waals surface area contributed by atoms with E-state index in [1.165, 1.54) is 12.2 Å². The summed E-state index contributed by atoms with van der Waals surface area (Å²) in [4.78, 5) is 10.8. The highest BCUT2D eigenvalue weighted by Crippen LogP contribution is 2.25. The number of esters is 1. The topological polar surface area (TPSA) is 38.3 Å². The minimum Gasteiger partial charge on any atom is -0.463 e. The van der Waals surface area contributed by atoms with E-state index in [1.54, 1.807) is 6.92 Å². The van der Waals surface area contributed by atoms with Gasteiger partial charge in [-0.2, -0.15) is 0 Å². The minimum atomic E-state index is -2.66. The molecule has 1 N–H and O–H groups in total. The first-order valence-electron chi connectivity index (χ1n) is 4.49. The summed E-state index contributed by atoms with van der Waals surface area (Å²) in [6.07, 6.45) is 2.34. The van der Waals surface area contributed by atoms with Crippen molar-refractivity contribution in [2.45, 2.75) is 25.3 Å². The molecule has 1 aliphatic rings. The molecule has 14 heavy (non-hydrogen) atoms. The second kappa shape index (κ2) is 4.50. The summed E-state index contributed by atoms with van der Waals surface area (Å²) in [5.74, 6) is -3.16. The van der Waals surface area contributed by atoms with Gasteiger partial charge in [0.25, 0.3) is 5.92 Å². The monoisotopic (exact) mass is 205 g/mol. The maximum Gasteiger partial charge on any atom is 0.330 e. The quantitative estimate of drug-likeness (QED) is 0.554. The van der Waals surface area contributed by atoms with Crippen molar-refractivity contribution < 1.29 is 18.3 Å². The molecule has 0 aromatic carbocycles. The van der Waals surface area contributed by atoms with E-state index in [0.29, 0.717) is 0 Å². The molecule has 0 aliphatic carbocycles. The molecule has 0 spiro atoms. The summed E-state index contributed by atoms with van der Waals surface area (Å²) in [6.45, 7) is 1.65. The molecule has 0 unspecified atom stereocenters. The first kappa shape index (κ1) is 11.1. The number of halogens is 2. The molecule has 0 bridgehead atoms. The number of nitrogens with one attached hydrogen (secondary N) is 1. The SMILES string of the molecule is CCOC(=O)C=C[C@H]1CC(F)(F)CN1. The van der Waals surface area contributed by atoms with Crippen LogP contribution in [-0.2, 0) is 9.53 Å². The van der Waals surface area contributed by atoms with Gasteiger partial charge in [-0.1, -0.05) is 6.08 Å². The fourth-order valence-electron chi connectivity index (χ4n) is 1.27. The van der Waals surface area contributed by atoms with Crippen LogP contribution in [0.4, 0.5) is 8.78 Å². The van der Waals surface area contributed by atoms with Crippen molar-refractivity contribution >= 4 is 5.97 Å². The van der Waals surface area contributed by atoms with Crippen LogP contribution in [0.15, 0.2) is 12.2 Å². The van der Waals surface area contributed by atoms with Gasteiger partial charge in [0.2, 0.25) is 0 Å². The van der Waals surface area contributed by atoms with Gasteiger partial charge < -0.3 is 10.1 Å². The molecule has 1 fully saturated rings. The predicted octanol–water partition coefficient (Wildman–Crippen LogP) is 1.10. The molecule has 0 aromatic heterocycles. The lowest BCUT2D eigenvalue weighted by Crippen LogP contribution is -2.21. The summed E-state index contributed by atoms with van der Waals surface area (Å²) in [5.41, 5.74) is 0.